The summed E-state index contributed by atoms with van der Waals surface area (Å²) in [5.41, 5.74) is 0. The maximum Gasteiger partial charge on any atom is 0.309 e. The Morgan fingerprint density at radius 3 is 2.50 bits per heavy atom. The minimum absolute atomic E-state index is 0.0902. The number of carbonyl (C=O) groups excluding carboxylic acids is 1. The molecule has 0 saturated heterocycles. The van der Waals surface area contributed by atoms with Crippen LogP contribution in [-0.4, -0.2) is 19.2 Å². The van der Waals surface area contributed by atoms with Crippen molar-refractivity contribution in [1.29, 1.82) is 0 Å². The van der Waals surface area contributed by atoms with Gasteiger partial charge in [-0.3, -0.25) is 4.79 Å². The largest absolute Gasteiger partial charge is 0.452 e. The number of hydrogen-bond acceptors (Lipinski definition) is 3. The van der Waals surface area contributed by atoms with Crippen LogP contribution in [0.15, 0.2) is 0 Å². The van der Waals surface area contributed by atoms with Crippen molar-refractivity contribution in [3.8, 4) is 11.8 Å². The van der Waals surface area contributed by atoms with Gasteiger partial charge < -0.3 is 7.80 Å². The van der Waals surface area contributed by atoms with Gasteiger partial charge >= 0.3 is 5.97 Å². The zero-order valence-corrected chi connectivity index (χ0v) is 9.25. The van der Waals surface area contributed by atoms with Gasteiger partial charge in [-0.25, -0.2) is 0 Å². The van der Waals surface area contributed by atoms with E-state index in [4.69, 9.17) is 4.74 Å². The highest BCUT2D eigenvalue weighted by molar-refractivity contribution is 14.1. The Bertz CT molecular complexity index is 190. The van der Waals surface area contributed by atoms with Crippen LogP contribution in [0.5, 0.6) is 0 Å². The lowest BCUT2D eigenvalue weighted by Crippen LogP contribution is -2.11. The molecule has 3 nitrogen and oxygen atoms in total. The van der Waals surface area contributed by atoms with Crippen LogP contribution in [0.3, 0.4) is 0 Å². The molecule has 0 unspecified atom stereocenters. The summed E-state index contributed by atoms with van der Waals surface area (Å²) in [6, 6.07) is 0. The van der Waals surface area contributed by atoms with Gasteiger partial charge in [-0.15, -0.1) is 0 Å². The molecular weight excluding hydrogens is 271 g/mol. The van der Waals surface area contributed by atoms with Gasteiger partial charge in [0.05, 0.1) is 5.92 Å². The monoisotopic (exact) mass is 282 g/mol. The summed E-state index contributed by atoms with van der Waals surface area (Å²) in [7, 11) is 0. The van der Waals surface area contributed by atoms with E-state index in [1.807, 2.05) is 0 Å². The van der Waals surface area contributed by atoms with Gasteiger partial charge in [0.1, 0.15) is 29.6 Å². The van der Waals surface area contributed by atoms with Crippen molar-refractivity contribution in [3.63, 3.8) is 0 Å². The van der Waals surface area contributed by atoms with E-state index in [2.05, 4.69) is 14.9 Å². The maximum atomic E-state index is 10.9. The van der Waals surface area contributed by atoms with Crippen LogP contribution in [0.25, 0.3) is 0 Å². The first-order valence-electron chi connectivity index (χ1n) is 3.54. The van der Waals surface area contributed by atoms with E-state index in [1.54, 1.807) is 36.9 Å². The Morgan fingerprint density at radius 1 is 1.42 bits per heavy atom. The fourth-order valence-corrected chi connectivity index (χ4v) is 0.559. The summed E-state index contributed by atoms with van der Waals surface area (Å²) < 4.78 is 9.43. The van der Waals surface area contributed by atoms with E-state index in [9.17, 15) is 4.79 Å². The van der Waals surface area contributed by atoms with Crippen LogP contribution in [0.2, 0.25) is 0 Å². The Balaban J connectivity index is 3.45. The molecule has 0 rings (SSSR count). The van der Waals surface area contributed by atoms with Gasteiger partial charge in [-0.2, -0.15) is 0 Å². The molecule has 0 aliphatic rings. The second-order valence-electron chi connectivity index (χ2n) is 2.37. The van der Waals surface area contributed by atoms with Crippen molar-refractivity contribution in [3.05, 3.63) is 0 Å². The van der Waals surface area contributed by atoms with Crippen molar-refractivity contribution in [2.45, 2.75) is 13.8 Å². The molecule has 0 aliphatic carbocycles. The molecule has 0 spiro atoms. The number of esters is 1. The smallest absolute Gasteiger partial charge is 0.309 e. The standard InChI is InChI=1S/C8H11IO3/c1-7(2)8(10)11-5-3-4-6-12-9/h7H,5-6H2,1-2H3. The normalized spacial score (nSPS) is 9.00. The molecule has 0 amide bonds. The van der Waals surface area contributed by atoms with E-state index >= 15 is 0 Å². The van der Waals surface area contributed by atoms with E-state index in [0.29, 0.717) is 6.61 Å². The molecule has 0 aromatic carbocycles. The second-order valence-corrected chi connectivity index (χ2v) is 2.99. The van der Waals surface area contributed by atoms with Crippen LogP contribution in [0, 0.1) is 17.8 Å². The molecule has 0 fully saturated rings. The minimum atomic E-state index is -0.223. The minimum Gasteiger partial charge on any atom is -0.452 e. The number of rotatable bonds is 3. The van der Waals surface area contributed by atoms with Crippen LogP contribution in [-0.2, 0) is 12.6 Å². The summed E-state index contributed by atoms with van der Waals surface area (Å²) in [6.07, 6.45) is 0. The molecule has 0 aromatic rings. The predicted molar refractivity (Wildman–Crippen MR) is 53.5 cm³/mol. The van der Waals surface area contributed by atoms with Crippen molar-refractivity contribution >= 4 is 29.0 Å². The summed E-state index contributed by atoms with van der Waals surface area (Å²) in [6.45, 7) is 4.07. The molecule has 0 bridgehead atoms. The molecule has 0 atom stereocenters. The molecule has 68 valence electrons. The summed E-state index contributed by atoms with van der Waals surface area (Å²) >= 11 is 1.75. The molecule has 0 saturated carbocycles. The van der Waals surface area contributed by atoms with Crippen molar-refractivity contribution < 1.29 is 12.6 Å². The Morgan fingerprint density at radius 2 is 2.00 bits per heavy atom. The van der Waals surface area contributed by atoms with E-state index < -0.39 is 0 Å². The molecule has 0 radical (unpaired) electrons. The third-order valence-corrected chi connectivity index (χ3v) is 1.32. The summed E-state index contributed by atoms with van der Waals surface area (Å²) in [5.74, 6) is 5.01. The number of halogens is 1. The van der Waals surface area contributed by atoms with Gasteiger partial charge in [0.2, 0.25) is 0 Å². The average molecular weight is 282 g/mol. The van der Waals surface area contributed by atoms with E-state index in [1.165, 1.54) is 0 Å². The van der Waals surface area contributed by atoms with Gasteiger partial charge in [-0.05, 0) is 0 Å². The second kappa shape index (κ2) is 7.37. The first-order chi connectivity index (χ1) is 5.68. The molecule has 0 heterocycles. The highest BCUT2D eigenvalue weighted by atomic mass is 127. The third kappa shape index (κ3) is 6.43. The van der Waals surface area contributed by atoms with E-state index in [-0.39, 0.29) is 18.5 Å². The van der Waals surface area contributed by atoms with Crippen LogP contribution in [0.4, 0.5) is 0 Å². The molecule has 4 heteroatoms. The topological polar surface area (TPSA) is 35.5 Å². The fourth-order valence-electron chi connectivity index (χ4n) is 0.403. The fraction of sp³-hybridized carbons (Fsp3) is 0.625. The van der Waals surface area contributed by atoms with Gasteiger partial charge in [0.15, 0.2) is 6.61 Å². The van der Waals surface area contributed by atoms with Crippen LogP contribution < -0.4 is 0 Å². The van der Waals surface area contributed by atoms with Crippen LogP contribution >= 0.6 is 23.0 Å². The Kier molecular flexibility index (Phi) is 7.20. The van der Waals surface area contributed by atoms with Crippen molar-refractivity contribution in [1.82, 2.24) is 0 Å². The molecular formula is C8H11IO3. The number of carbonyl (C=O) groups is 1. The van der Waals surface area contributed by atoms with Gasteiger partial charge in [-0.1, -0.05) is 25.7 Å². The maximum absolute atomic E-state index is 10.9. The number of hydrogen-bond donors (Lipinski definition) is 0. The van der Waals surface area contributed by atoms with Gasteiger partial charge in [0, 0.05) is 0 Å². The molecule has 0 aromatic heterocycles. The average Bonchev–Trinajstić information content (AvgIpc) is 2.03. The zero-order chi connectivity index (χ0) is 9.40. The quantitative estimate of drug-likeness (QED) is 0.447. The summed E-state index contributed by atoms with van der Waals surface area (Å²) in [4.78, 5) is 10.9. The highest BCUT2D eigenvalue weighted by Crippen LogP contribution is 1.94. The van der Waals surface area contributed by atoms with Crippen molar-refractivity contribution in [2.75, 3.05) is 13.2 Å². The third-order valence-electron chi connectivity index (χ3n) is 1.01. The van der Waals surface area contributed by atoms with Gasteiger partial charge in [0.25, 0.3) is 0 Å². The Labute approximate surface area is 86.5 Å². The molecule has 12 heavy (non-hydrogen) atoms. The highest BCUT2D eigenvalue weighted by Gasteiger charge is 2.05. The Hall–Kier alpha value is -0.280. The lowest BCUT2D eigenvalue weighted by atomic mass is 10.2. The zero-order valence-electron chi connectivity index (χ0n) is 7.09. The first kappa shape index (κ1) is 11.7. The number of ether oxygens (including phenoxy) is 1. The SMILES string of the molecule is CC(C)C(=O)OCC#CCOI. The lowest BCUT2D eigenvalue weighted by molar-refractivity contribution is -0.145. The molecule has 0 aliphatic heterocycles. The van der Waals surface area contributed by atoms with Crippen LogP contribution in [0.1, 0.15) is 13.8 Å². The van der Waals surface area contributed by atoms with E-state index in [0.717, 1.165) is 0 Å². The summed E-state index contributed by atoms with van der Waals surface area (Å²) in [5, 5.41) is 0. The van der Waals surface area contributed by atoms with Crippen molar-refractivity contribution in [2.24, 2.45) is 5.92 Å². The lowest BCUT2D eigenvalue weighted by Gasteiger charge is -2.01. The molecule has 0 N–H and O–H groups in total. The first-order valence-corrected chi connectivity index (χ1v) is 4.42. The predicted octanol–water partition coefficient (Wildman–Crippen LogP) is 1.56.